The second-order valence-corrected chi connectivity index (χ2v) is 8.16. The number of rotatable bonds is 8. The highest BCUT2D eigenvalue weighted by Crippen LogP contribution is 2.59. The van der Waals surface area contributed by atoms with Gasteiger partial charge in [-0.3, -0.25) is 4.79 Å². The van der Waals surface area contributed by atoms with E-state index in [0.29, 0.717) is 18.0 Å². The van der Waals surface area contributed by atoms with E-state index in [4.69, 9.17) is 9.47 Å². The number of carbonyl (C=O) groups excluding carboxylic acids is 1. The summed E-state index contributed by atoms with van der Waals surface area (Å²) in [5.41, 5.74) is 3.32. The molecule has 1 aliphatic rings. The molecule has 0 aliphatic heterocycles. The van der Waals surface area contributed by atoms with E-state index in [1.54, 1.807) is 14.2 Å². The van der Waals surface area contributed by atoms with Gasteiger partial charge in [-0.15, -0.1) is 0 Å². The highest BCUT2D eigenvalue weighted by Gasteiger charge is 2.60. The van der Waals surface area contributed by atoms with Crippen molar-refractivity contribution in [3.05, 3.63) is 95.6 Å². The second-order valence-electron chi connectivity index (χ2n) is 8.16. The molecule has 1 saturated carbocycles. The molecule has 1 unspecified atom stereocenters. The maximum absolute atomic E-state index is 13.4. The lowest BCUT2D eigenvalue weighted by Gasteiger charge is -2.22. The number of benzene rings is 3. The Morgan fingerprint density at radius 2 is 1.48 bits per heavy atom. The lowest BCUT2D eigenvalue weighted by atomic mass is 9.85. The van der Waals surface area contributed by atoms with Crippen molar-refractivity contribution >= 4 is 5.91 Å². The fourth-order valence-electron chi connectivity index (χ4n) is 4.55. The molecule has 0 bridgehead atoms. The van der Waals surface area contributed by atoms with Gasteiger partial charge >= 0.3 is 0 Å². The summed E-state index contributed by atoms with van der Waals surface area (Å²) in [5.74, 6) is 1.59. The molecule has 3 aromatic rings. The molecule has 31 heavy (non-hydrogen) atoms. The third-order valence-corrected chi connectivity index (χ3v) is 6.40. The van der Waals surface area contributed by atoms with Crippen LogP contribution in [0.1, 0.15) is 23.1 Å². The Morgan fingerprint density at radius 1 is 0.903 bits per heavy atom. The Balaban J connectivity index is 1.49. The maximum atomic E-state index is 13.4. The minimum atomic E-state index is -0.225. The predicted molar refractivity (Wildman–Crippen MR) is 123 cm³/mol. The van der Waals surface area contributed by atoms with Gasteiger partial charge in [0.25, 0.3) is 0 Å². The van der Waals surface area contributed by atoms with Gasteiger partial charge in [0, 0.05) is 19.0 Å². The topological polar surface area (TPSA) is 38.8 Å². The molecule has 0 heterocycles. The molecular weight excluding hydrogens is 386 g/mol. The number of likely N-dealkylation sites (N-methyl/N-ethyl adjacent to an activating group) is 1. The van der Waals surface area contributed by atoms with Crippen LogP contribution in [0.25, 0.3) is 0 Å². The lowest BCUT2D eigenvalue weighted by Crippen LogP contribution is -2.33. The molecule has 0 aromatic heterocycles. The van der Waals surface area contributed by atoms with E-state index in [-0.39, 0.29) is 17.2 Å². The van der Waals surface area contributed by atoms with Crippen LogP contribution in [-0.4, -0.2) is 38.6 Å². The molecule has 4 rings (SSSR count). The standard InChI is InChI=1S/C27H29NO3/c1-28(17-16-20-14-15-24(30-2)25(18-20)31-3)26(29)23-19-27(23,21-10-6-4-7-11-21)22-12-8-5-9-13-22/h4-15,18,23H,16-17,19H2,1-3H3. The first-order chi connectivity index (χ1) is 15.1. The Kier molecular flexibility index (Phi) is 5.99. The number of hydrogen-bond donors (Lipinski definition) is 0. The average molecular weight is 416 g/mol. The first-order valence-corrected chi connectivity index (χ1v) is 10.7. The van der Waals surface area contributed by atoms with Crippen LogP contribution < -0.4 is 9.47 Å². The number of methoxy groups -OCH3 is 2. The molecular formula is C27H29NO3. The predicted octanol–water partition coefficient (Wildman–Crippen LogP) is 4.71. The molecule has 160 valence electrons. The van der Waals surface area contributed by atoms with Crippen LogP contribution in [0.2, 0.25) is 0 Å². The Labute approximate surface area is 184 Å². The SMILES string of the molecule is COc1ccc(CCN(C)C(=O)C2CC2(c2ccccc2)c2ccccc2)cc1OC. The molecule has 0 saturated heterocycles. The van der Waals surface area contributed by atoms with Crippen molar-refractivity contribution in [3.8, 4) is 11.5 Å². The number of nitrogens with zero attached hydrogens (tertiary/aromatic N) is 1. The molecule has 1 atom stereocenters. The summed E-state index contributed by atoms with van der Waals surface area (Å²) in [6, 6.07) is 26.8. The highest BCUT2D eigenvalue weighted by molar-refractivity contribution is 5.86. The normalized spacial score (nSPS) is 16.4. The molecule has 1 aliphatic carbocycles. The lowest BCUT2D eigenvalue weighted by molar-refractivity contribution is -0.131. The fraction of sp³-hybridized carbons (Fsp3) is 0.296. The van der Waals surface area contributed by atoms with E-state index in [9.17, 15) is 4.79 Å². The number of carbonyl (C=O) groups is 1. The summed E-state index contributed by atoms with van der Waals surface area (Å²) in [6.45, 7) is 0.657. The van der Waals surface area contributed by atoms with Gasteiger partial charge in [0.15, 0.2) is 11.5 Å². The summed E-state index contributed by atoms with van der Waals surface area (Å²) < 4.78 is 10.7. The third-order valence-electron chi connectivity index (χ3n) is 6.40. The molecule has 1 amide bonds. The van der Waals surface area contributed by atoms with Gasteiger partial charge in [0.05, 0.1) is 20.1 Å². The second kappa shape index (κ2) is 8.84. The Bertz CT molecular complexity index is 993. The van der Waals surface area contributed by atoms with Crippen molar-refractivity contribution in [3.63, 3.8) is 0 Å². The summed E-state index contributed by atoms with van der Waals surface area (Å²) in [4.78, 5) is 15.3. The maximum Gasteiger partial charge on any atom is 0.226 e. The number of hydrogen-bond acceptors (Lipinski definition) is 3. The van der Waals surface area contributed by atoms with Crippen LogP contribution in [0.15, 0.2) is 78.9 Å². The van der Waals surface area contributed by atoms with E-state index >= 15 is 0 Å². The van der Waals surface area contributed by atoms with Gasteiger partial charge in [-0.05, 0) is 41.7 Å². The summed E-state index contributed by atoms with van der Waals surface area (Å²) in [5, 5.41) is 0. The number of amides is 1. The van der Waals surface area contributed by atoms with Gasteiger partial charge in [0.1, 0.15) is 0 Å². The van der Waals surface area contributed by atoms with Gasteiger partial charge in [-0.25, -0.2) is 0 Å². The molecule has 3 aromatic carbocycles. The molecule has 0 spiro atoms. The van der Waals surface area contributed by atoms with E-state index in [0.717, 1.165) is 18.4 Å². The third kappa shape index (κ3) is 4.02. The van der Waals surface area contributed by atoms with Crippen LogP contribution in [0.3, 0.4) is 0 Å². The van der Waals surface area contributed by atoms with Gasteiger partial charge in [0.2, 0.25) is 5.91 Å². The zero-order valence-electron chi connectivity index (χ0n) is 18.4. The molecule has 0 N–H and O–H groups in total. The first kappa shape index (κ1) is 21.0. The van der Waals surface area contributed by atoms with Crippen LogP contribution in [-0.2, 0) is 16.6 Å². The van der Waals surface area contributed by atoms with Crippen molar-refractivity contribution in [2.45, 2.75) is 18.3 Å². The monoisotopic (exact) mass is 415 g/mol. The van der Waals surface area contributed by atoms with Gasteiger partial charge in [-0.1, -0.05) is 66.7 Å². The first-order valence-electron chi connectivity index (χ1n) is 10.7. The molecule has 1 fully saturated rings. The smallest absolute Gasteiger partial charge is 0.226 e. The molecule has 4 nitrogen and oxygen atoms in total. The number of ether oxygens (including phenoxy) is 2. The zero-order valence-corrected chi connectivity index (χ0v) is 18.4. The quantitative estimate of drug-likeness (QED) is 0.535. The van der Waals surface area contributed by atoms with E-state index < -0.39 is 0 Å². The van der Waals surface area contributed by atoms with Crippen LogP contribution in [0.5, 0.6) is 11.5 Å². The summed E-state index contributed by atoms with van der Waals surface area (Å²) in [7, 11) is 5.17. The van der Waals surface area contributed by atoms with Gasteiger partial charge in [-0.2, -0.15) is 0 Å². The van der Waals surface area contributed by atoms with Crippen molar-refractivity contribution in [1.29, 1.82) is 0 Å². The van der Waals surface area contributed by atoms with Crippen molar-refractivity contribution < 1.29 is 14.3 Å². The minimum absolute atomic E-state index is 0.0345. The summed E-state index contributed by atoms with van der Waals surface area (Å²) in [6.07, 6.45) is 1.61. The van der Waals surface area contributed by atoms with E-state index in [1.165, 1.54) is 11.1 Å². The van der Waals surface area contributed by atoms with E-state index in [1.807, 2.05) is 42.3 Å². The molecule has 4 heteroatoms. The highest BCUT2D eigenvalue weighted by atomic mass is 16.5. The van der Waals surface area contributed by atoms with Crippen molar-refractivity contribution in [2.75, 3.05) is 27.8 Å². The molecule has 0 radical (unpaired) electrons. The van der Waals surface area contributed by atoms with Crippen molar-refractivity contribution in [1.82, 2.24) is 4.90 Å². The Hall–Kier alpha value is -3.27. The van der Waals surface area contributed by atoms with Crippen LogP contribution in [0, 0.1) is 5.92 Å². The fourth-order valence-corrected chi connectivity index (χ4v) is 4.55. The van der Waals surface area contributed by atoms with E-state index in [2.05, 4.69) is 48.5 Å². The van der Waals surface area contributed by atoms with Crippen LogP contribution in [0.4, 0.5) is 0 Å². The van der Waals surface area contributed by atoms with Gasteiger partial charge < -0.3 is 14.4 Å². The Morgan fingerprint density at radius 3 is 2.03 bits per heavy atom. The average Bonchev–Trinajstić information content (AvgIpc) is 3.60. The largest absolute Gasteiger partial charge is 0.493 e. The minimum Gasteiger partial charge on any atom is -0.493 e. The zero-order chi connectivity index (χ0) is 21.8. The van der Waals surface area contributed by atoms with Crippen molar-refractivity contribution in [2.24, 2.45) is 5.92 Å². The summed E-state index contributed by atoms with van der Waals surface area (Å²) >= 11 is 0. The van der Waals surface area contributed by atoms with Crippen LogP contribution >= 0.6 is 0 Å².